The summed E-state index contributed by atoms with van der Waals surface area (Å²) in [7, 11) is 0. The van der Waals surface area contributed by atoms with Gasteiger partial charge in [-0.15, -0.1) is 0 Å². The van der Waals surface area contributed by atoms with E-state index in [1.54, 1.807) is 0 Å². The van der Waals surface area contributed by atoms with Crippen LogP contribution < -0.4 is 9.62 Å². The van der Waals surface area contributed by atoms with E-state index in [1.807, 2.05) is 36.4 Å². The van der Waals surface area contributed by atoms with Gasteiger partial charge in [0.1, 0.15) is 12.4 Å². The molecule has 4 atom stereocenters. The minimum absolute atomic E-state index is 0.00465. The van der Waals surface area contributed by atoms with Crippen LogP contribution in [0.2, 0.25) is 0 Å². The van der Waals surface area contributed by atoms with Crippen LogP contribution in [-0.2, 0) is 34.3 Å². The zero-order chi connectivity index (χ0) is 28.5. The standard InChI is InChI=1S/C38H38O4/c1-3-26-17-21-30(22-18-26)42-39-25-38(2,29-13-5-4-6-14-29)37-40-33-23-19-27-11-7-9-15-31(27)35(33)36-32-16-10-8-12-28(32)20-24-34(36)41-37/h3-7,9,11,13-15,17-18,20-22,24,33,35,37H,1,8,10,12,16,19,23,25H2,2H3/t33-,35+,37?,38+/m1/s1. The Labute approximate surface area is 248 Å². The molecule has 4 aromatic rings. The highest BCUT2D eigenvalue weighted by Gasteiger charge is 2.47. The van der Waals surface area contributed by atoms with Crippen LogP contribution in [0.4, 0.5) is 0 Å². The second-order valence-electron chi connectivity index (χ2n) is 12.1. The van der Waals surface area contributed by atoms with E-state index < -0.39 is 11.7 Å². The molecule has 42 heavy (non-hydrogen) atoms. The van der Waals surface area contributed by atoms with Crippen LogP contribution in [0.25, 0.3) is 6.08 Å². The van der Waals surface area contributed by atoms with Gasteiger partial charge in [0.25, 0.3) is 0 Å². The summed E-state index contributed by atoms with van der Waals surface area (Å²) in [6, 6.07) is 31.5. The Hall–Kier alpha value is -3.86. The van der Waals surface area contributed by atoms with E-state index in [0.717, 1.165) is 42.6 Å². The number of hydrogen-bond acceptors (Lipinski definition) is 4. The molecule has 0 saturated carbocycles. The lowest BCUT2D eigenvalue weighted by Crippen LogP contribution is -2.48. The normalized spacial score (nSPS) is 22.2. The molecular formula is C38H38O4. The molecule has 2 aliphatic carbocycles. The first kappa shape index (κ1) is 27.0. The monoisotopic (exact) mass is 558 g/mol. The predicted octanol–water partition coefficient (Wildman–Crippen LogP) is 8.36. The molecule has 1 unspecified atom stereocenters. The first-order valence-electron chi connectivity index (χ1n) is 15.3. The van der Waals surface area contributed by atoms with Gasteiger partial charge in [0, 0.05) is 11.5 Å². The van der Waals surface area contributed by atoms with Crippen LogP contribution in [0.15, 0.2) is 97.6 Å². The molecule has 0 radical (unpaired) electrons. The zero-order valence-corrected chi connectivity index (χ0v) is 24.3. The van der Waals surface area contributed by atoms with E-state index in [1.165, 1.54) is 40.7 Å². The highest BCUT2D eigenvalue weighted by molar-refractivity contribution is 5.55. The fourth-order valence-corrected chi connectivity index (χ4v) is 7.06. The van der Waals surface area contributed by atoms with Crippen molar-refractivity contribution in [3.8, 4) is 11.5 Å². The van der Waals surface area contributed by atoms with E-state index in [0.29, 0.717) is 5.75 Å². The van der Waals surface area contributed by atoms with Gasteiger partial charge >= 0.3 is 0 Å². The van der Waals surface area contributed by atoms with Crippen molar-refractivity contribution in [1.82, 2.24) is 0 Å². The average Bonchev–Trinajstić information content (AvgIpc) is 3.23. The molecule has 0 fully saturated rings. The van der Waals surface area contributed by atoms with E-state index in [2.05, 4.69) is 74.2 Å². The largest absolute Gasteiger partial charge is 0.464 e. The smallest absolute Gasteiger partial charge is 0.212 e. The summed E-state index contributed by atoms with van der Waals surface area (Å²) in [4.78, 5) is 11.8. The molecule has 4 aromatic carbocycles. The first-order valence-corrected chi connectivity index (χ1v) is 15.3. The lowest BCUT2D eigenvalue weighted by atomic mass is 9.73. The van der Waals surface area contributed by atoms with Crippen LogP contribution in [0.1, 0.15) is 71.0 Å². The quantitative estimate of drug-likeness (QED) is 0.169. The maximum atomic E-state index is 7.13. The Morgan fingerprint density at radius 2 is 1.64 bits per heavy atom. The molecule has 0 saturated heterocycles. The highest BCUT2D eigenvalue weighted by Crippen LogP contribution is 2.50. The fraction of sp³-hybridized carbons (Fsp3) is 0.316. The third kappa shape index (κ3) is 4.93. The topological polar surface area (TPSA) is 36.9 Å². The number of rotatable bonds is 7. The molecule has 0 N–H and O–H groups in total. The molecule has 7 rings (SSSR count). The molecule has 3 aliphatic rings. The molecule has 0 aromatic heterocycles. The Morgan fingerprint density at radius 1 is 0.857 bits per heavy atom. The van der Waals surface area contributed by atoms with Gasteiger partial charge in [0.15, 0.2) is 5.75 Å². The first-order chi connectivity index (χ1) is 20.6. The summed E-state index contributed by atoms with van der Waals surface area (Å²) < 4.78 is 14.1. The van der Waals surface area contributed by atoms with Crippen molar-refractivity contribution in [2.75, 3.05) is 6.61 Å². The Bertz CT molecular complexity index is 1560. The van der Waals surface area contributed by atoms with Crippen molar-refractivity contribution in [3.63, 3.8) is 0 Å². The zero-order valence-electron chi connectivity index (χ0n) is 24.3. The van der Waals surface area contributed by atoms with Crippen LogP contribution in [0.5, 0.6) is 11.5 Å². The fourth-order valence-electron chi connectivity index (χ4n) is 7.06. The van der Waals surface area contributed by atoms with E-state index in [4.69, 9.17) is 19.2 Å². The summed E-state index contributed by atoms with van der Waals surface area (Å²) in [5, 5.41) is 0. The van der Waals surface area contributed by atoms with E-state index in [-0.39, 0.29) is 18.6 Å². The predicted molar refractivity (Wildman–Crippen MR) is 166 cm³/mol. The Balaban J connectivity index is 1.28. The van der Waals surface area contributed by atoms with Crippen molar-refractivity contribution in [2.45, 2.75) is 69.2 Å². The van der Waals surface area contributed by atoms with Gasteiger partial charge in [-0.1, -0.05) is 85.5 Å². The number of aryl methyl sites for hydroxylation is 2. The average molecular weight is 559 g/mol. The lowest BCUT2D eigenvalue weighted by molar-refractivity contribution is -0.247. The van der Waals surface area contributed by atoms with Gasteiger partial charge in [-0.25, -0.2) is 0 Å². The van der Waals surface area contributed by atoms with Crippen LogP contribution in [0.3, 0.4) is 0 Å². The number of benzene rings is 4. The van der Waals surface area contributed by atoms with Crippen molar-refractivity contribution in [1.29, 1.82) is 0 Å². The summed E-state index contributed by atoms with van der Waals surface area (Å²) in [6.07, 6.45) is 7.86. The highest BCUT2D eigenvalue weighted by atomic mass is 17.2. The van der Waals surface area contributed by atoms with Gasteiger partial charge in [-0.2, -0.15) is 4.89 Å². The van der Waals surface area contributed by atoms with Crippen LogP contribution in [0, 0.1) is 0 Å². The van der Waals surface area contributed by atoms with Gasteiger partial charge in [0.2, 0.25) is 6.29 Å². The Morgan fingerprint density at radius 3 is 2.48 bits per heavy atom. The summed E-state index contributed by atoms with van der Waals surface area (Å²) in [5.41, 5.74) is 8.53. The minimum Gasteiger partial charge on any atom is -0.464 e. The molecule has 1 aliphatic heterocycles. The number of ether oxygens (including phenoxy) is 2. The molecule has 0 bridgehead atoms. The molecule has 4 nitrogen and oxygen atoms in total. The third-order valence-corrected chi connectivity index (χ3v) is 9.42. The van der Waals surface area contributed by atoms with Crippen molar-refractivity contribution in [3.05, 3.63) is 137 Å². The number of hydrogen-bond donors (Lipinski definition) is 0. The van der Waals surface area contributed by atoms with Crippen molar-refractivity contribution < 1.29 is 19.2 Å². The SMILES string of the molecule is C=Cc1ccc(OOC[C@@](C)(c2ccccc2)C2Oc3ccc4c(c3[C@H]3c5ccccc5CC[C@H]3O2)CCCC4)cc1. The second-order valence-corrected chi connectivity index (χ2v) is 12.1. The third-order valence-electron chi connectivity index (χ3n) is 9.42. The van der Waals surface area contributed by atoms with E-state index in [9.17, 15) is 0 Å². The minimum atomic E-state index is -0.651. The van der Waals surface area contributed by atoms with Gasteiger partial charge in [-0.05, 0) is 97.0 Å². The Kier molecular flexibility index (Phi) is 7.35. The summed E-state index contributed by atoms with van der Waals surface area (Å²) >= 11 is 0. The molecule has 1 heterocycles. The summed E-state index contributed by atoms with van der Waals surface area (Å²) in [6.45, 7) is 6.24. The van der Waals surface area contributed by atoms with Crippen LogP contribution >= 0.6 is 0 Å². The second kappa shape index (κ2) is 11.4. The maximum Gasteiger partial charge on any atom is 0.212 e. The lowest BCUT2D eigenvalue weighted by Gasteiger charge is -2.39. The molecule has 4 heteroatoms. The van der Waals surface area contributed by atoms with Gasteiger partial charge in [0.05, 0.1) is 11.5 Å². The molecule has 0 spiro atoms. The summed E-state index contributed by atoms with van der Waals surface area (Å²) in [5.74, 6) is 1.72. The van der Waals surface area contributed by atoms with E-state index >= 15 is 0 Å². The molecular weight excluding hydrogens is 520 g/mol. The van der Waals surface area contributed by atoms with Crippen molar-refractivity contribution in [2.24, 2.45) is 0 Å². The van der Waals surface area contributed by atoms with Gasteiger partial charge in [-0.3, -0.25) is 0 Å². The van der Waals surface area contributed by atoms with Crippen molar-refractivity contribution >= 4 is 6.08 Å². The molecule has 0 amide bonds. The van der Waals surface area contributed by atoms with Gasteiger partial charge < -0.3 is 14.4 Å². The molecule has 214 valence electrons. The van der Waals surface area contributed by atoms with Crippen LogP contribution in [-0.4, -0.2) is 19.0 Å². The maximum absolute atomic E-state index is 7.13. The number of fused-ring (bicyclic) bond motifs is 7.